The van der Waals surface area contributed by atoms with Gasteiger partial charge in [-0.05, 0) is 95.1 Å². The number of aliphatic hydroxyl groups excluding tert-OH is 10. The first kappa shape index (κ1) is 58.3. The van der Waals surface area contributed by atoms with Gasteiger partial charge in [0.1, 0.15) is 30.5 Å². The second kappa shape index (κ2) is 31.2. The van der Waals surface area contributed by atoms with E-state index in [-0.39, 0.29) is 66.1 Å². The van der Waals surface area contributed by atoms with Crippen molar-refractivity contribution in [2.24, 2.45) is 0 Å². The van der Waals surface area contributed by atoms with Crippen molar-refractivity contribution in [1.82, 2.24) is 0 Å². The second-order valence-corrected chi connectivity index (χ2v) is 34.2. The van der Waals surface area contributed by atoms with E-state index in [0.29, 0.717) is 62.3 Å². The monoisotopic (exact) mass is 960 g/mol. The summed E-state index contributed by atoms with van der Waals surface area (Å²) in [6.45, 7) is 9.00. The molecule has 0 amide bonds. The number of aliphatic hydroxyl groups is 10. The van der Waals surface area contributed by atoms with Crippen LogP contribution in [0.2, 0.25) is 63.0 Å². The van der Waals surface area contributed by atoms with E-state index < -0.39 is 106 Å². The minimum atomic E-state index is -3.27. The van der Waals surface area contributed by atoms with Gasteiger partial charge in [0.15, 0.2) is 0 Å². The van der Waals surface area contributed by atoms with Gasteiger partial charge in [-0.3, -0.25) is 0 Å². The fourth-order valence-electron chi connectivity index (χ4n) is 6.74. The summed E-state index contributed by atoms with van der Waals surface area (Å²) in [5, 5.41) is 95.4. The van der Waals surface area contributed by atoms with Crippen LogP contribution in [0.5, 0.6) is 0 Å². The minimum Gasteiger partial charge on any atom is -0.416 e. The summed E-state index contributed by atoms with van der Waals surface area (Å²) in [5.74, 6) is 0. The molecule has 25 heteroatoms. The van der Waals surface area contributed by atoms with E-state index in [9.17, 15) is 51.1 Å². The maximum atomic E-state index is 9.83. The van der Waals surface area contributed by atoms with Crippen LogP contribution in [0.25, 0.3) is 0 Å². The van der Waals surface area contributed by atoms with Gasteiger partial charge < -0.3 is 95.3 Å². The molecule has 0 aromatic rings. The molecule has 0 bridgehead atoms. The molecule has 0 aromatic heterocycles. The molecule has 0 aliphatic carbocycles. The van der Waals surface area contributed by atoms with Gasteiger partial charge in [0.2, 0.25) is 0 Å². The SMILES string of the molecule is C[Si]1(CCCOCC(O)CO)O[Si](C)(CCCOCC(O)CO)O[Si](C)(CCCOCC(O)CO)O[Si](C)(CCCOCC(O)CO)O[Si](C)(CCCOCC(O)CO)O1. The van der Waals surface area contributed by atoms with Crippen molar-refractivity contribution in [1.29, 1.82) is 0 Å². The highest BCUT2D eigenvalue weighted by Crippen LogP contribution is 2.39. The van der Waals surface area contributed by atoms with E-state index in [4.69, 9.17) is 44.3 Å². The van der Waals surface area contributed by atoms with E-state index in [1.807, 2.05) is 32.7 Å². The zero-order chi connectivity index (χ0) is 45.1. The maximum Gasteiger partial charge on any atom is 0.317 e. The highest BCUT2D eigenvalue weighted by atomic mass is 28.5. The molecule has 0 radical (unpaired) electrons. The van der Waals surface area contributed by atoms with Gasteiger partial charge >= 0.3 is 42.8 Å². The number of hydrogen-bond acceptors (Lipinski definition) is 20. The molecule has 1 saturated heterocycles. The lowest BCUT2D eigenvalue weighted by Crippen LogP contribution is -2.67. The van der Waals surface area contributed by atoms with Gasteiger partial charge in [-0.15, -0.1) is 0 Å². The van der Waals surface area contributed by atoms with E-state index in [0.717, 1.165) is 0 Å². The molecule has 5 atom stereocenters. The van der Waals surface area contributed by atoms with Crippen LogP contribution in [0, 0.1) is 0 Å². The summed E-state index contributed by atoms with van der Waals surface area (Å²) in [5.41, 5.74) is 0. The smallest absolute Gasteiger partial charge is 0.317 e. The molecule has 0 spiro atoms. The molecule has 0 aromatic carbocycles. The van der Waals surface area contributed by atoms with E-state index in [1.54, 1.807) is 0 Å². The quantitative estimate of drug-likeness (QED) is 0.0276. The first-order chi connectivity index (χ1) is 28.3. The maximum absolute atomic E-state index is 9.83. The van der Waals surface area contributed by atoms with Gasteiger partial charge in [0.05, 0.1) is 66.1 Å². The molecule has 60 heavy (non-hydrogen) atoms. The molecule has 360 valence electrons. The van der Waals surface area contributed by atoms with Crippen molar-refractivity contribution in [2.75, 3.05) is 99.1 Å². The Morgan fingerprint density at radius 1 is 0.317 bits per heavy atom. The normalized spacial score (nSPS) is 29.2. The molecule has 5 unspecified atom stereocenters. The summed E-state index contributed by atoms with van der Waals surface area (Å²) >= 11 is 0. The summed E-state index contributed by atoms with van der Waals surface area (Å²) in [6.07, 6.45) is -2.49. The summed E-state index contributed by atoms with van der Waals surface area (Å²) in [4.78, 5) is 0. The number of hydrogen-bond donors (Lipinski definition) is 10. The Kier molecular flexibility index (Phi) is 30.4. The third-order valence-electron chi connectivity index (χ3n) is 9.36. The van der Waals surface area contributed by atoms with Crippen LogP contribution in [0.15, 0.2) is 0 Å². The molecule has 0 saturated carbocycles. The number of rotatable bonds is 35. The third kappa shape index (κ3) is 26.3. The van der Waals surface area contributed by atoms with Crippen LogP contribution in [0.1, 0.15) is 32.1 Å². The van der Waals surface area contributed by atoms with Crippen LogP contribution in [0.4, 0.5) is 0 Å². The van der Waals surface area contributed by atoms with Gasteiger partial charge in [-0.25, -0.2) is 0 Å². The highest BCUT2D eigenvalue weighted by Gasteiger charge is 2.56. The molecule has 20 nitrogen and oxygen atoms in total. The Labute approximate surface area is 361 Å². The molecule has 1 rings (SSSR count). The third-order valence-corrected chi connectivity index (χ3v) is 32.9. The van der Waals surface area contributed by atoms with Crippen molar-refractivity contribution >= 4 is 42.8 Å². The first-order valence-electron chi connectivity index (χ1n) is 21.2. The van der Waals surface area contributed by atoms with Gasteiger partial charge in [-0.1, -0.05) is 0 Å². The summed E-state index contributed by atoms with van der Waals surface area (Å²) in [6, 6.07) is 2.35. The molecule has 1 fully saturated rings. The first-order valence-corrected chi connectivity index (χ1v) is 33.8. The van der Waals surface area contributed by atoms with E-state index in [2.05, 4.69) is 0 Å². The van der Waals surface area contributed by atoms with Crippen molar-refractivity contribution in [3.8, 4) is 0 Å². The Morgan fingerprint density at radius 3 is 0.600 bits per heavy atom. The average Bonchev–Trinajstić information content (AvgIpc) is 3.18. The van der Waals surface area contributed by atoms with E-state index in [1.165, 1.54) is 0 Å². The zero-order valence-corrected chi connectivity index (χ0v) is 41.6. The molecule has 1 aliphatic rings. The van der Waals surface area contributed by atoms with E-state index >= 15 is 0 Å². The predicted octanol–water partition coefficient (Wildman–Crippen LogP) is -0.757. The molecular formula is C35H80O20Si5. The molecule has 1 aliphatic heterocycles. The molecular weight excluding hydrogens is 881 g/mol. The Balaban J connectivity index is 3.69. The zero-order valence-electron chi connectivity index (χ0n) is 36.6. The topological polar surface area (TPSA) is 295 Å². The lowest BCUT2D eigenvalue weighted by atomic mass is 10.4. The minimum absolute atomic E-state index is 0.0335. The van der Waals surface area contributed by atoms with Crippen LogP contribution >= 0.6 is 0 Å². The van der Waals surface area contributed by atoms with Crippen molar-refractivity contribution < 1.29 is 95.3 Å². The van der Waals surface area contributed by atoms with Crippen LogP contribution in [0.3, 0.4) is 0 Å². The lowest BCUT2D eigenvalue weighted by Gasteiger charge is -2.50. The van der Waals surface area contributed by atoms with Crippen LogP contribution in [-0.2, 0) is 44.3 Å². The van der Waals surface area contributed by atoms with Crippen molar-refractivity contribution in [3.05, 3.63) is 0 Å². The average molecular weight is 961 g/mol. The second-order valence-electron chi connectivity index (χ2n) is 16.3. The number of ether oxygens (including phenoxy) is 5. The van der Waals surface area contributed by atoms with Crippen LogP contribution < -0.4 is 0 Å². The van der Waals surface area contributed by atoms with Gasteiger partial charge in [-0.2, -0.15) is 0 Å². The Bertz CT molecular complexity index is 883. The Hall–Kier alpha value is 0.284. The standard InChI is InChI=1S/C35H80O20Si5/c1-56(16-6-11-46-26-31(41)21-36)51-57(2,17-7-12-47-27-32(42)22-37)53-59(4,19-9-14-49-29-34(44)24-39)55-60(5,20-10-15-50-30-35(45)25-40)54-58(3,52-56)18-8-13-48-28-33(43)23-38/h31-45H,6-30H2,1-5H3. The predicted molar refractivity (Wildman–Crippen MR) is 230 cm³/mol. The van der Waals surface area contributed by atoms with Crippen molar-refractivity contribution in [3.63, 3.8) is 0 Å². The fourth-order valence-corrected chi connectivity index (χ4v) is 35.7. The van der Waals surface area contributed by atoms with Gasteiger partial charge in [0.25, 0.3) is 0 Å². The van der Waals surface area contributed by atoms with Crippen molar-refractivity contribution in [2.45, 2.75) is 126 Å². The molecule has 10 N–H and O–H groups in total. The Morgan fingerprint density at radius 2 is 0.467 bits per heavy atom. The molecule has 1 heterocycles. The lowest BCUT2D eigenvalue weighted by molar-refractivity contribution is 0.00557. The highest BCUT2D eigenvalue weighted by molar-refractivity contribution is 6.94. The summed E-state index contributed by atoms with van der Waals surface area (Å²) < 4.78 is 64.7. The fraction of sp³-hybridized carbons (Fsp3) is 1.00. The van der Waals surface area contributed by atoms with Crippen LogP contribution in [-0.4, -0.2) is 223 Å². The van der Waals surface area contributed by atoms with Gasteiger partial charge in [0, 0.05) is 33.0 Å². The largest absolute Gasteiger partial charge is 0.416 e. The summed E-state index contributed by atoms with van der Waals surface area (Å²) in [7, 11) is -16.4.